The van der Waals surface area contributed by atoms with Gasteiger partial charge < -0.3 is 4.90 Å². The molecule has 1 aromatic rings. The van der Waals surface area contributed by atoms with Crippen molar-refractivity contribution in [3.05, 3.63) is 29.8 Å². The van der Waals surface area contributed by atoms with E-state index in [2.05, 4.69) is 28.9 Å². The Bertz CT molecular complexity index is 495. The van der Waals surface area contributed by atoms with Gasteiger partial charge in [-0.3, -0.25) is 9.69 Å². The molecule has 3 heteroatoms. The van der Waals surface area contributed by atoms with Gasteiger partial charge in [-0.2, -0.15) is 0 Å². The zero-order valence-corrected chi connectivity index (χ0v) is 13.9. The van der Waals surface area contributed by atoms with E-state index in [0.717, 1.165) is 30.6 Å². The molecule has 3 rings (SSSR count). The van der Waals surface area contributed by atoms with Gasteiger partial charge in [0.25, 0.3) is 0 Å². The van der Waals surface area contributed by atoms with Crippen LogP contribution < -0.4 is 4.90 Å². The highest BCUT2D eigenvalue weighted by Crippen LogP contribution is 2.28. The monoisotopic (exact) mass is 300 g/mol. The van der Waals surface area contributed by atoms with Crippen molar-refractivity contribution in [1.29, 1.82) is 0 Å². The van der Waals surface area contributed by atoms with Gasteiger partial charge in [-0.1, -0.05) is 6.92 Å². The minimum atomic E-state index is 0.142. The first-order valence-corrected chi connectivity index (χ1v) is 8.73. The number of piperazine rings is 1. The number of nitrogens with zero attached hydrogens (tertiary/aromatic N) is 2. The van der Waals surface area contributed by atoms with Gasteiger partial charge in [0.2, 0.25) is 0 Å². The molecule has 1 aromatic carbocycles. The molecule has 0 aromatic heterocycles. The number of carbonyl (C=O) groups is 1. The van der Waals surface area contributed by atoms with Gasteiger partial charge in [0, 0.05) is 43.5 Å². The van der Waals surface area contributed by atoms with Gasteiger partial charge in [0.05, 0.1) is 0 Å². The summed E-state index contributed by atoms with van der Waals surface area (Å²) in [6, 6.07) is 8.90. The van der Waals surface area contributed by atoms with Crippen LogP contribution >= 0.6 is 0 Å². The van der Waals surface area contributed by atoms with Gasteiger partial charge in [0.1, 0.15) is 0 Å². The number of hydrogen-bond donors (Lipinski definition) is 0. The van der Waals surface area contributed by atoms with E-state index in [4.69, 9.17) is 0 Å². The van der Waals surface area contributed by atoms with Crippen LogP contribution in [0.2, 0.25) is 0 Å². The molecule has 1 saturated carbocycles. The Balaban J connectivity index is 1.54. The third kappa shape index (κ3) is 3.52. The molecule has 22 heavy (non-hydrogen) atoms. The minimum absolute atomic E-state index is 0.142. The van der Waals surface area contributed by atoms with Crippen LogP contribution in [0.15, 0.2) is 24.3 Å². The second kappa shape index (κ2) is 6.82. The van der Waals surface area contributed by atoms with E-state index in [-0.39, 0.29) is 5.78 Å². The zero-order chi connectivity index (χ0) is 15.5. The van der Waals surface area contributed by atoms with Crippen LogP contribution in [0, 0.1) is 5.92 Å². The molecule has 0 unspecified atom stereocenters. The molecule has 1 aliphatic heterocycles. The Labute approximate surface area is 134 Å². The number of anilines is 1. The third-order valence-electron chi connectivity index (χ3n) is 5.46. The molecule has 3 nitrogen and oxygen atoms in total. The maximum Gasteiger partial charge on any atom is 0.159 e. The lowest BCUT2D eigenvalue weighted by Crippen LogP contribution is -2.51. The fourth-order valence-corrected chi connectivity index (χ4v) is 3.86. The van der Waals surface area contributed by atoms with E-state index in [0.29, 0.717) is 0 Å². The summed E-state index contributed by atoms with van der Waals surface area (Å²) in [5.41, 5.74) is 2.06. The summed E-state index contributed by atoms with van der Waals surface area (Å²) in [6.45, 7) is 8.57. The van der Waals surface area contributed by atoms with Crippen LogP contribution in [-0.4, -0.2) is 42.9 Å². The molecule has 0 atom stereocenters. The minimum Gasteiger partial charge on any atom is -0.369 e. The highest BCUT2D eigenvalue weighted by molar-refractivity contribution is 5.94. The number of Topliss-reactive ketones (excluding diaryl/α,β-unsaturated/α-hetero) is 1. The summed E-state index contributed by atoms with van der Waals surface area (Å²) in [4.78, 5) is 16.5. The van der Waals surface area contributed by atoms with Crippen molar-refractivity contribution in [3.8, 4) is 0 Å². The summed E-state index contributed by atoms with van der Waals surface area (Å²) >= 11 is 0. The van der Waals surface area contributed by atoms with E-state index in [1.165, 1.54) is 44.5 Å². The van der Waals surface area contributed by atoms with E-state index in [9.17, 15) is 4.79 Å². The largest absolute Gasteiger partial charge is 0.369 e. The summed E-state index contributed by atoms with van der Waals surface area (Å²) in [6.07, 6.45) is 5.57. The maximum atomic E-state index is 11.4. The fourth-order valence-electron chi connectivity index (χ4n) is 3.86. The van der Waals surface area contributed by atoms with Gasteiger partial charge >= 0.3 is 0 Å². The molecule has 1 heterocycles. The quantitative estimate of drug-likeness (QED) is 0.797. The first-order chi connectivity index (χ1) is 10.6. The second-order valence-corrected chi connectivity index (χ2v) is 7.04. The molecule has 2 fully saturated rings. The van der Waals surface area contributed by atoms with Gasteiger partial charge in [-0.05, 0) is 62.8 Å². The molecular weight excluding hydrogens is 272 g/mol. The topological polar surface area (TPSA) is 23.6 Å². The molecule has 0 amide bonds. The average Bonchev–Trinajstić information content (AvgIpc) is 2.56. The first kappa shape index (κ1) is 15.5. The number of benzene rings is 1. The first-order valence-electron chi connectivity index (χ1n) is 8.73. The van der Waals surface area contributed by atoms with Crippen LogP contribution in [0.3, 0.4) is 0 Å². The highest BCUT2D eigenvalue weighted by Gasteiger charge is 2.27. The van der Waals surface area contributed by atoms with Crippen molar-refractivity contribution in [2.24, 2.45) is 5.92 Å². The summed E-state index contributed by atoms with van der Waals surface area (Å²) in [7, 11) is 0. The van der Waals surface area contributed by atoms with Gasteiger partial charge in [-0.25, -0.2) is 0 Å². The van der Waals surface area contributed by atoms with Crippen molar-refractivity contribution in [2.75, 3.05) is 31.1 Å². The van der Waals surface area contributed by atoms with Crippen molar-refractivity contribution in [3.63, 3.8) is 0 Å². The second-order valence-electron chi connectivity index (χ2n) is 7.04. The third-order valence-corrected chi connectivity index (χ3v) is 5.46. The van der Waals surface area contributed by atoms with E-state index in [1.54, 1.807) is 6.92 Å². The number of hydrogen-bond acceptors (Lipinski definition) is 3. The molecule has 1 saturated heterocycles. The lowest BCUT2D eigenvalue weighted by Gasteiger charge is -2.42. The predicted octanol–water partition coefficient (Wildman–Crippen LogP) is 3.59. The van der Waals surface area contributed by atoms with Crippen molar-refractivity contribution < 1.29 is 4.79 Å². The Hall–Kier alpha value is -1.35. The highest BCUT2D eigenvalue weighted by atomic mass is 16.1. The lowest BCUT2D eigenvalue weighted by molar-refractivity contribution is 0.101. The SMILES string of the molecule is CC(=O)c1ccc(N2CCN(C3CCC(C)CC3)CC2)cc1. The predicted molar refractivity (Wildman–Crippen MR) is 91.7 cm³/mol. The standard InChI is InChI=1S/C19H28N2O/c1-15-3-7-18(8-4-15)20-11-13-21(14-12-20)19-9-5-17(6-10-19)16(2)22/h5-6,9-10,15,18H,3-4,7-8,11-14H2,1-2H3. The molecule has 0 N–H and O–H groups in total. The zero-order valence-electron chi connectivity index (χ0n) is 13.9. The van der Waals surface area contributed by atoms with E-state index < -0.39 is 0 Å². The van der Waals surface area contributed by atoms with Crippen molar-refractivity contribution in [1.82, 2.24) is 4.90 Å². The summed E-state index contributed by atoms with van der Waals surface area (Å²) in [5.74, 6) is 1.07. The number of carbonyl (C=O) groups excluding carboxylic acids is 1. The molecule has 2 aliphatic rings. The lowest BCUT2D eigenvalue weighted by atomic mass is 9.86. The fraction of sp³-hybridized carbons (Fsp3) is 0.632. The Kier molecular flexibility index (Phi) is 4.82. The van der Waals surface area contributed by atoms with Gasteiger partial charge in [-0.15, -0.1) is 0 Å². The number of ketones is 1. The van der Waals surface area contributed by atoms with Crippen LogP contribution in [-0.2, 0) is 0 Å². The van der Waals surface area contributed by atoms with Crippen LogP contribution in [0.1, 0.15) is 49.9 Å². The van der Waals surface area contributed by atoms with E-state index >= 15 is 0 Å². The molecule has 0 bridgehead atoms. The Morgan fingerprint density at radius 1 is 0.955 bits per heavy atom. The van der Waals surface area contributed by atoms with Crippen molar-refractivity contribution in [2.45, 2.75) is 45.6 Å². The Morgan fingerprint density at radius 3 is 2.09 bits per heavy atom. The molecule has 1 aliphatic carbocycles. The number of rotatable bonds is 3. The van der Waals surface area contributed by atoms with Gasteiger partial charge in [0.15, 0.2) is 5.78 Å². The average molecular weight is 300 g/mol. The Morgan fingerprint density at radius 2 is 1.55 bits per heavy atom. The molecule has 0 spiro atoms. The van der Waals surface area contributed by atoms with Crippen LogP contribution in [0.5, 0.6) is 0 Å². The molecular formula is C19H28N2O. The smallest absolute Gasteiger partial charge is 0.159 e. The van der Waals surface area contributed by atoms with Crippen molar-refractivity contribution >= 4 is 11.5 Å². The summed E-state index contributed by atoms with van der Waals surface area (Å²) < 4.78 is 0. The molecule has 0 radical (unpaired) electrons. The normalized spacial score (nSPS) is 26.9. The maximum absolute atomic E-state index is 11.4. The van der Waals surface area contributed by atoms with Crippen LogP contribution in [0.25, 0.3) is 0 Å². The summed E-state index contributed by atoms with van der Waals surface area (Å²) in [5, 5.41) is 0. The molecule has 120 valence electrons. The van der Waals surface area contributed by atoms with E-state index in [1.807, 2.05) is 12.1 Å². The van der Waals surface area contributed by atoms with Crippen LogP contribution in [0.4, 0.5) is 5.69 Å².